The van der Waals surface area contributed by atoms with E-state index in [0.29, 0.717) is 45.6 Å². The summed E-state index contributed by atoms with van der Waals surface area (Å²) in [5, 5.41) is 0.971. The third kappa shape index (κ3) is 6.67. The Balaban J connectivity index is 2.19. The molecule has 10 heteroatoms. The van der Waals surface area contributed by atoms with Crippen LogP contribution in [0.1, 0.15) is 11.1 Å². The number of ketones is 1. The minimum Gasteiger partial charge on any atom is -0.493 e. The molecule has 0 radical (unpaired) electrons. The topological polar surface area (TPSA) is 107 Å². The van der Waals surface area contributed by atoms with Gasteiger partial charge in [-0.2, -0.15) is 0 Å². The van der Waals surface area contributed by atoms with Crippen LogP contribution >= 0.6 is 0 Å². The van der Waals surface area contributed by atoms with Crippen LogP contribution < -0.4 is 28.4 Å². The number of carbonyl (C=O) groups excluding carboxylic acids is 1. The van der Waals surface area contributed by atoms with Gasteiger partial charge in [0.25, 0.3) is 0 Å². The van der Waals surface area contributed by atoms with E-state index >= 15 is 0 Å². The average Bonchev–Trinajstić information content (AvgIpc) is 2.84. The second kappa shape index (κ2) is 12.0. The van der Waals surface area contributed by atoms with Crippen molar-refractivity contribution in [1.82, 2.24) is 0 Å². The minimum atomic E-state index is -3.84. The molecule has 0 atom stereocenters. The lowest BCUT2D eigenvalue weighted by Crippen LogP contribution is -2.11. The molecule has 0 spiro atoms. The molecular formula is C24H28O9S. The van der Waals surface area contributed by atoms with Gasteiger partial charge in [-0.15, -0.1) is 0 Å². The zero-order valence-electron chi connectivity index (χ0n) is 19.9. The summed E-state index contributed by atoms with van der Waals surface area (Å²) in [6.45, 7) is 0. The van der Waals surface area contributed by atoms with Gasteiger partial charge < -0.3 is 28.4 Å². The molecule has 2 aromatic rings. The number of hydrogen-bond acceptors (Lipinski definition) is 9. The van der Waals surface area contributed by atoms with Crippen molar-refractivity contribution >= 4 is 27.8 Å². The number of sulfone groups is 1. The van der Waals surface area contributed by atoms with E-state index in [1.165, 1.54) is 60.9 Å². The first-order chi connectivity index (χ1) is 16.2. The van der Waals surface area contributed by atoms with E-state index in [2.05, 4.69) is 0 Å². The minimum absolute atomic E-state index is 0.378. The molecule has 0 aromatic heterocycles. The maximum absolute atomic E-state index is 12.5. The van der Waals surface area contributed by atoms with Gasteiger partial charge in [-0.25, -0.2) is 8.42 Å². The second-order valence-electron chi connectivity index (χ2n) is 6.83. The molecule has 0 bridgehead atoms. The number of allylic oxidation sites excluding steroid dienone is 1. The molecule has 0 saturated carbocycles. The third-order valence-corrected chi connectivity index (χ3v) is 5.88. The Kier molecular flexibility index (Phi) is 9.37. The van der Waals surface area contributed by atoms with Gasteiger partial charge in [0, 0.05) is 5.41 Å². The molecular weight excluding hydrogens is 464 g/mol. The number of ether oxygens (including phenoxy) is 6. The number of benzene rings is 2. The fourth-order valence-electron chi connectivity index (χ4n) is 3.06. The molecule has 2 rings (SSSR count). The number of rotatable bonds is 12. The maximum Gasteiger partial charge on any atom is 0.203 e. The van der Waals surface area contributed by atoms with Crippen molar-refractivity contribution in [3.63, 3.8) is 0 Å². The quantitative estimate of drug-likeness (QED) is 0.412. The average molecular weight is 493 g/mol. The highest BCUT2D eigenvalue weighted by atomic mass is 32.2. The van der Waals surface area contributed by atoms with E-state index in [1.807, 2.05) is 0 Å². The van der Waals surface area contributed by atoms with Crippen molar-refractivity contribution in [1.29, 1.82) is 0 Å². The van der Waals surface area contributed by atoms with Gasteiger partial charge in [0.2, 0.25) is 11.5 Å². The van der Waals surface area contributed by atoms with E-state index in [1.54, 1.807) is 24.3 Å². The van der Waals surface area contributed by atoms with Gasteiger partial charge >= 0.3 is 0 Å². The fourth-order valence-corrected chi connectivity index (χ4v) is 4.01. The molecule has 0 heterocycles. The molecule has 184 valence electrons. The van der Waals surface area contributed by atoms with Gasteiger partial charge in [0.1, 0.15) is 5.75 Å². The number of carbonyl (C=O) groups is 1. The number of hydrogen-bond donors (Lipinski definition) is 0. The first-order valence-electron chi connectivity index (χ1n) is 9.93. The summed E-state index contributed by atoms with van der Waals surface area (Å²) in [6.07, 6.45) is 4.02. The SMILES string of the molecule is COc1cc(C=CS(=O)(=O)CC(=O)/C=C/c2cc(OC)c(OC)c(OC)c2)cc(OC)c1OC. The lowest BCUT2D eigenvalue weighted by Gasteiger charge is -2.12. The van der Waals surface area contributed by atoms with Crippen molar-refractivity contribution in [2.24, 2.45) is 0 Å². The monoisotopic (exact) mass is 492 g/mol. The smallest absolute Gasteiger partial charge is 0.203 e. The molecule has 0 aliphatic heterocycles. The van der Waals surface area contributed by atoms with Crippen LogP contribution in [0, 0.1) is 0 Å². The van der Waals surface area contributed by atoms with Crippen LogP contribution in [0.2, 0.25) is 0 Å². The van der Waals surface area contributed by atoms with Gasteiger partial charge in [-0.1, -0.05) is 6.08 Å². The predicted octanol–water partition coefficient (Wildman–Crippen LogP) is 3.41. The highest BCUT2D eigenvalue weighted by Crippen LogP contribution is 2.39. The van der Waals surface area contributed by atoms with Crippen molar-refractivity contribution in [3.8, 4) is 34.5 Å². The van der Waals surface area contributed by atoms with Gasteiger partial charge in [-0.3, -0.25) is 4.79 Å². The van der Waals surface area contributed by atoms with Crippen LogP contribution in [0.3, 0.4) is 0 Å². The Morgan fingerprint density at radius 3 is 1.41 bits per heavy atom. The van der Waals surface area contributed by atoms with E-state index < -0.39 is 21.4 Å². The highest BCUT2D eigenvalue weighted by Gasteiger charge is 2.15. The van der Waals surface area contributed by atoms with Crippen LogP contribution in [0.15, 0.2) is 35.7 Å². The molecule has 0 saturated heterocycles. The lowest BCUT2D eigenvalue weighted by molar-refractivity contribution is -0.112. The zero-order valence-corrected chi connectivity index (χ0v) is 20.7. The standard InChI is InChI=1S/C24H28O9S/c1-28-19-11-16(12-20(29-2)23(19)32-5)7-8-18(25)15-34(26,27)10-9-17-13-21(30-3)24(33-6)22(14-17)31-4/h7-14H,15H2,1-6H3/b8-7+,10-9?. The van der Waals surface area contributed by atoms with Crippen molar-refractivity contribution in [3.05, 3.63) is 46.9 Å². The molecule has 0 amide bonds. The number of methoxy groups -OCH3 is 6. The summed E-state index contributed by atoms with van der Waals surface area (Å²) in [6, 6.07) is 6.48. The molecule has 0 fully saturated rings. The van der Waals surface area contributed by atoms with Crippen LogP contribution in [0.4, 0.5) is 0 Å². The Labute approximate surface area is 199 Å². The first-order valence-corrected chi connectivity index (χ1v) is 11.6. The maximum atomic E-state index is 12.5. The van der Waals surface area contributed by atoms with Crippen molar-refractivity contribution < 1.29 is 41.6 Å². The van der Waals surface area contributed by atoms with Gasteiger partial charge in [-0.05, 0) is 47.5 Å². The molecule has 0 unspecified atom stereocenters. The third-order valence-electron chi connectivity index (χ3n) is 4.65. The summed E-state index contributed by atoms with van der Waals surface area (Å²) in [4.78, 5) is 12.3. The highest BCUT2D eigenvalue weighted by molar-refractivity contribution is 7.95. The van der Waals surface area contributed by atoms with Crippen LogP contribution in [-0.2, 0) is 14.6 Å². The predicted molar refractivity (Wildman–Crippen MR) is 129 cm³/mol. The molecule has 34 heavy (non-hydrogen) atoms. The van der Waals surface area contributed by atoms with Crippen molar-refractivity contribution in [2.75, 3.05) is 48.4 Å². The molecule has 9 nitrogen and oxygen atoms in total. The van der Waals surface area contributed by atoms with Crippen LogP contribution in [0.25, 0.3) is 12.2 Å². The second-order valence-corrected chi connectivity index (χ2v) is 8.71. The normalized spacial score (nSPS) is 11.5. The van der Waals surface area contributed by atoms with E-state index in [0.717, 1.165) is 5.41 Å². The Morgan fingerprint density at radius 1 is 0.676 bits per heavy atom. The van der Waals surface area contributed by atoms with Crippen LogP contribution in [-0.4, -0.2) is 62.6 Å². The molecule has 2 aromatic carbocycles. The summed E-state index contributed by atoms with van der Waals surface area (Å²) >= 11 is 0. The lowest BCUT2D eigenvalue weighted by atomic mass is 10.1. The van der Waals surface area contributed by atoms with Gasteiger partial charge in [0.05, 0.1) is 42.7 Å². The Hall–Kier alpha value is -3.66. The van der Waals surface area contributed by atoms with E-state index in [4.69, 9.17) is 28.4 Å². The summed E-state index contributed by atoms with van der Waals surface area (Å²) < 4.78 is 56.5. The molecule has 0 N–H and O–H groups in total. The van der Waals surface area contributed by atoms with E-state index in [9.17, 15) is 13.2 Å². The Bertz CT molecular complexity index is 1130. The zero-order chi connectivity index (χ0) is 25.3. The summed E-state index contributed by atoms with van der Waals surface area (Å²) in [7, 11) is 4.98. The molecule has 0 aliphatic rings. The summed E-state index contributed by atoms with van der Waals surface area (Å²) in [5.74, 6) is 1.08. The Morgan fingerprint density at radius 2 is 1.06 bits per heavy atom. The summed E-state index contributed by atoms with van der Waals surface area (Å²) in [5.41, 5.74) is 1.08. The van der Waals surface area contributed by atoms with E-state index in [-0.39, 0.29) is 0 Å². The van der Waals surface area contributed by atoms with Crippen LogP contribution in [0.5, 0.6) is 34.5 Å². The van der Waals surface area contributed by atoms with Gasteiger partial charge in [0.15, 0.2) is 38.6 Å². The fraction of sp³-hybridized carbons (Fsp3) is 0.292. The first kappa shape index (κ1) is 26.6. The molecule has 0 aliphatic carbocycles. The van der Waals surface area contributed by atoms with Crippen molar-refractivity contribution in [2.45, 2.75) is 0 Å². The largest absolute Gasteiger partial charge is 0.493 e.